The van der Waals surface area contributed by atoms with Gasteiger partial charge in [-0.1, -0.05) is 6.07 Å². The van der Waals surface area contributed by atoms with Crippen LogP contribution in [-0.2, 0) is 6.42 Å². The Morgan fingerprint density at radius 1 is 1.38 bits per heavy atom. The van der Waals surface area contributed by atoms with Gasteiger partial charge in [0.05, 0.1) is 0 Å². The first-order valence-corrected chi connectivity index (χ1v) is 5.38. The van der Waals surface area contributed by atoms with Crippen LogP contribution in [-0.4, -0.2) is 6.10 Å². The van der Waals surface area contributed by atoms with Crippen molar-refractivity contribution >= 4 is 21.4 Å². The minimum absolute atomic E-state index is 0.348. The zero-order valence-electron chi connectivity index (χ0n) is 7.41. The molecule has 1 aromatic heterocycles. The first kappa shape index (κ1) is 7.39. The average Bonchev–Trinajstić information content (AvgIpc) is 2.65. The van der Waals surface area contributed by atoms with Gasteiger partial charge in [0, 0.05) is 16.5 Å². The fraction of sp³-hybridized carbons (Fsp3) is 0.273. The molecule has 0 saturated heterocycles. The van der Waals surface area contributed by atoms with Gasteiger partial charge in [0.15, 0.2) is 0 Å². The summed E-state index contributed by atoms with van der Waals surface area (Å²) in [6.07, 6.45) is 1.40. The molecule has 1 unspecified atom stereocenters. The highest BCUT2D eigenvalue weighted by Crippen LogP contribution is 2.38. The van der Waals surface area contributed by atoms with Gasteiger partial charge in [-0.2, -0.15) is 0 Å². The maximum atomic E-state index is 5.79. The van der Waals surface area contributed by atoms with Crippen molar-refractivity contribution in [2.45, 2.75) is 19.4 Å². The fourth-order valence-corrected chi connectivity index (χ4v) is 2.70. The van der Waals surface area contributed by atoms with Gasteiger partial charge in [-0.3, -0.25) is 0 Å². The molecule has 0 spiro atoms. The predicted molar refractivity (Wildman–Crippen MR) is 55.6 cm³/mol. The topological polar surface area (TPSA) is 9.23 Å². The van der Waals surface area contributed by atoms with E-state index in [9.17, 15) is 0 Å². The summed E-state index contributed by atoms with van der Waals surface area (Å²) >= 11 is 1.77. The summed E-state index contributed by atoms with van der Waals surface area (Å²) in [5.74, 6) is 1.12. The van der Waals surface area contributed by atoms with Crippen LogP contribution in [0.4, 0.5) is 0 Å². The number of thiophene rings is 1. The van der Waals surface area contributed by atoms with E-state index in [0.717, 1.165) is 12.2 Å². The van der Waals surface area contributed by atoms with Crippen LogP contribution in [0.15, 0.2) is 23.6 Å². The molecule has 0 aliphatic carbocycles. The summed E-state index contributed by atoms with van der Waals surface area (Å²) in [5.41, 5.74) is 1.36. The van der Waals surface area contributed by atoms with Crippen molar-refractivity contribution in [2.24, 2.45) is 0 Å². The zero-order chi connectivity index (χ0) is 8.84. The molecule has 0 fully saturated rings. The molecule has 0 saturated carbocycles. The molecule has 2 heteroatoms. The molecule has 66 valence electrons. The van der Waals surface area contributed by atoms with Gasteiger partial charge in [0.1, 0.15) is 11.9 Å². The third-order valence-electron chi connectivity index (χ3n) is 2.49. The van der Waals surface area contributed by atoms with Crippen LogP contribution in [0.25, 0.3) is 10.1 Å². The molecule has 1 aliphatic rings. The van der Waals surface area contributed by atoms with Gasteiger partial charge in [-0.05, 0) is 30.0 Å². The molecular weight excluding hydrogens is 180 g/mol. The largest absolute Gasteiger partial charge is 0.489 e. The number of benzene rings is 1. The molecule has 2 aromatic rings. The van der Waals surface area contributed by atoms with Crippen molar-refractivity contribution in [3.63, 3.8) is 0 Å². The van der Waals surface area contributed by atoms with E-state index < -0.39 is 0 Å². The maximum absolute atomic E-state index is 5.79. The molecule has 1 aliphatic heterocycles. The highest BCUT2D eigenvalue weighted by molar-refractivity contribution is 7.17. The van der Waals surface area contributed by atoms with Crippen LogP contribution in [0.2, 0.25) is 0 Å². The molecule has 1 aromatic carbocycles. The Morgan fingerprint density at radius 3 is 3.23 bits per heavy atom. The lowest BCUT2D eigenvalue weighted by Gasteiger charge is -2.03. The first-order valence-electron chi connectivity index (χ1n) is 4.50. The Bertz CT molecular complexity index is 458. The van der Waals surface area contributed by atoms with Crippen LogP contribution in [0, 0.1) is 0 Å². The minimum atomic E-state index is 0.348. The Labute approximate surface area is 81.0 Å². The van der Waals surface area contributed by atoms with Crippen molar-refractivity contribution < 1.29 is 4.74 Å². The second-order valence-electron chi connectivity index (χ2n) is 3.52. The molecule has 0 N–H and O–H groups in total. The molecule has 0 amide bonds. The first-order chi connectivity index (χ1) is 6.34. The summed E-state index contributed by atoms with van der Waals surface area (Å²) < 4.78 is 7.11. The molecule has 0 radical (unpaired) electrons. The second kappa shape index (κ2) is 2.48. The third kappa shape index (κ3) is 0.985. The molecule has 3 rings (SSSR count). The summed E-state index contributed by atoms with van der Waals surface area (Å²) in [7, 11) is 0. The van der Waals surface area contributed by atoms with E-state index in [1.807, 2.05) is 0 Å². The van der Waals surface area contributed by atoms with Crippen LogP contribution in [0.5, 0.6) is 5.75 Å². The number of ether oxygens (including phenoxy) is 1. The number of fused-ring (bicyclic) bond motifs is 3. The van der Waals surface area contributed by atoms with Gasteiger partial charge in [0.2, 0.25) is 0 Å². The van der Waals surface area contributed by atoms with Gasteiger partial charge in [-0.15, -0.1) is 11.3 Å². The Balaban J connectivity index is 2.34. The molecule has 1 nitrogen and oxygen atoms in total. The molecule has 13 heavy (non-hydrogen) atoms. The predicted octanol–water partition coefficient (Wildman–Crippen LogP) is 3.22. The quantitative estimate of drug-likeness (QED) is 0.619. The van der Waals surface area contributed by atoms with Crippen LogP contribution < -0.4 is 4.74 Å². The van der Waals surface area contributed by atoms with Gasteiger partial charge >= 0.3 is 0 Å². The molecule has 0 bridgehead atoms. The normalized spacial score (nSPS) is 20.2. The molecule has 1 atom stereocenters. The highest BCUT2D eigenvalue weighted by Gasteiger charge is 2.21. The van der Waals surface area contributed by atoms with E-state index in [-0.39, 0.29) is 0 Å². The monoisotopic (exact) mass is 190 g/mol. The van der Waals surface area contributed by atoms with Crippen LogP contribution in [0.1, 0.15) is 12.5 Å². The van der Waals surface area contributed by atoms with Crippen LogP contribution in [0.3, 0.4) is 0 Å². The Hall–Kier alpha value is -1.02. The standard InChI is InChI=1S/C11H10OS/c1-7-6-8-2-3-10-9(4-5-13-10)11(8)12-7/h2-5,7H,6H2,1H3. The molecule has 2 heterocycles. The van der Waals surface area contributed by atoms with Crippen molar-refractivity contribution in [1.82, 2.24) is 0 Å². The zero-order valence-corrected chi connectivity index (χ0v) is 8.23. The van der Waals surface area contributed by atoms with Gasteiger partial charge in [0.25, 0.3) is 0 Å². The third-order valence-corrected chi connectivity index (χ3v) is 3.38. The van der Waals surface area contributed by atoms with Crippen molar-refractivity contribution in [3.05, 3.63) is 29.1 Å². The maximum Gasteiger partial charge on any atom is 0.131 e. The Morgan fingerprint density at radius 2 is 2.31 bits per heavy atom. The highest BCUT2D eigenvalue weighted by atomic mass is 32.1. The van der Waals surface area contributed by atoms with Crippen molar-refractivity contribution in [1.29, 1.82) is 0 Å². The summed E-state index contributed by atoms with van der Waals surface area (Å²) in [6, 6.07) is 6.54. The van der Waals surface area contributed by atoms with Gasteiger partial charge < -0.3 is 4.74 Å². The van der Waals surface area contributed by atoms with E-state index in [2.05, 4.69) is 30.5 Å². The van der Waals surface area contributed by atoms with Crippen LogP contribution >= 0.6 is 11.3 Å². The fourth-order valence-electron chi connectivity index (χ4n) is 1.92. The average molecular weight is 190 g/mol. The second-order valence-corrected chi connectivity index (χ2v) is 4.47. The van der Waals surface area contributed by atoms with Crippen molar-refractivity contribution in [3.8, 4) is 5.75 Å². The van der Waals surface area contributed by atoms with Crippen molar-refractivity contribution in [2.75, 3.05) is 0 Å². The summed E-state index contributed by atoms with van der Waals surface area (Å²) in [4.78, 5) is 0. The lowest BCUT2D eigenvalue weighted by molar-refractivity contribution is 0.257. The number of hydrogen-bond donors (Lipinski definition) is 0. The smallest absolute Gasteiger partial charge is 0.131 e. The van der Waals surface area contributed by atoms with E-state index in [0.29, 0.717) is 6.10 Å². The number of rotatable bonds is 0. The number of hydrogen-bond acceptors (Lipinski definition) is 2. The SMILES string of the molecule is CC1Cc2ccc3sccc3c2O1. The lowest BCUT2D eigenvalue weighted by Crippen LogP contribution is -2.05. The molecular formula is C11H10OS. The lowest BCUT2D eigenvalue weighted by atomic mass is 10.1. The van der Waals surface area contributed by atoms with E-state index in [4.69, 9.17) is 4.74 Å². The summed E-state index contributed by atoms with van der Waals surface area (Å²) in [6.45, 7) is 2.12. The van der Waals surface area contributed by atoms with E-state index in [1.54, 1.807) is 11.3 Å². The van der Waals surface area contributed by atoms with Gasteiger partial charge in [-0.25, -0.2) is 0 Å². The van der Waals surface area contributed by atoms with E-state index in [1.165, 1.54) is 15.6 Å². The minimum Gasteiger partial charge on any atom is -0.489 e. The Kier molecular flexibility index (Phi) is 1.41. The van der Waals surface area contributed by atoms with E-state index >= 15 is 0 Å². The summed E-state index contributed by atoms with van der Waals surface area (Å²) in [5, 5.41) is 3.41.